The van der Waals surface area contributed by atoms with Gasteiger partial charge in [0, 0.05) is 3.57 Å². The molecule has 1 radical (unpaired) electrons. The van der Waals surface area contributed by atoms with Crippen molar-refractivity contribution < 1.29 is 0 Å². The Morgan fingerprint density at radius 2 is 2.23 bits per heavy atom. The quantitative estimate of drug-likeness (QED) is 0.733. The summed E-state index contributed by atoms with van der Waals surface area (Å²) < 4.78 is 1.24. The maximum atomic E-state index is 4.13. The van der Waals surface area contributed by atoms with Crippen molar-refractivity contribution in [3.8, 4) is 10.4 Å². The normalized spacial score (nSPS) is 10.3. The van der Waals surface area contributed by atoms with E-state index in [0.29, 0.717) is 0 Å². The molecule has 0 saturated carbocycles. The Hall–Kier alpha value is -0.420. The highest BCUT2D eigenvalue weighted by atomic mass is 127. The van der Waals surface area contributed by atoms with Gasteiger partial charge < -0.3 is 0 Å². The number of nitrogens with zero attached hydrogens (tertiary/aromatic N) is 1. The van der Waals surface area contributed by atoms with E-state index < -0.39 is 0 Å². The molecule has 2 aromatic rings. The first-order valence-electron chi connectivity index (χ1n) is 3.79. The van der Waals surface area contributed by atoms with Gasteiger partial charge in [-0.05, 0) is 47.2 Å². The minimum atomic E-state index is 0.868. The van der Waals surface area contributed by atoms with Crippen LogP contribution in [0.25, 0.3) is 10.4 Å². The lowest BCUT2D eigenvalue weighted by Gasteiger charge is -1.98. The van der Waals surface area contributed by atoms with Crippen LogP contribution in [0.3, 0.4) is 0 Å². The molecular formula is C10H7INS. The summed E-state index contributed by atoms with van der Waals surface area (Å²) in [6.45, 7) is 3.88. The smallest absolute Gasteiger partial charge is 0.0801 e. The molecule has 3 heteroatoms. The van der Waals surface area contributed by atoms with E-state index in [-0.39, 0.29) is 0 Å². The van der Waals surface area contributed by atoms with Crippen molar-refractivity contribution in [1.82, 2.24) is 4.98 Å². The predicted octanol–water partition coefficient (Wildman–Crippen LogP) is 3.60. The highest BCUT2D eigenvalue weighted by Gasteiger charge is 2.03. The highest BCUT2D eigenvalue weighted by molar-refractivity contribution is 14.1. The van der Waals surface area contributed by atoms with E-state index in [0.717, 1.165) is 5.69 Å². The van der Waals surface area contributed by atoms with Gasteiger partial charge in [-0.3, -0.25) is 0 Å². The van der Waals surface area contributed by atoms with Gasteiger partial charge in [0.05, 0.1) is 16.1 Å². The monoisotopic (exact) mass is 300 g/mol. The lowest BCUT2D eigenvalue weighted by Crippen LogP contribution is -1.78. The molecule has 0 aliphatic carbocycles. The van der Waals surface area contributed by atoms with Gasteiger partial charge in [0.2, 0.25) is 0 Å². The zero-order valence-corrected chi connectivity index (χ0v) is 9.80. The first kappa shape index (κ1) is 9.15. The Balaban J connectivity index is 2.53. The molecule has 0 aliphatic heterocycles. The van der Waals surface area contributed by atoms with E-state index in [9.17, 15) is 0 Å². The molecule has 2 rings (SSSR count). The highest BCUT2D eigenvalue weighted by Crippen LogP contribution is 2.27. The third-order valence-electron chi connectivity index (χ3n) is 1.73. The summed E-state index contributed by atoms with van der Waals surface area (Å²) in [6, 6.07) is 8.36. The molecule has 1 aromatic carbocycles. The zero-order valence-electron chi connectivity index (χ0n) is 6.83. The van der Waals surface area contributed by atoms with Crippen molar-refractivity contribution in [3.63, 3.8) is 0 Å². The van der Waals surface area contributed by atoms with Crippen LogP contribution in [-0.4, -0.2) is 4.98 Å². The number of thiazole rings is 1. The van der Waals surface area contributed by atoms with Crippen LogP contribution in [0, 0.1) is 10.5 Å². The van der Waals surface area contributed by atoms with Gasteiger partial charge in [0.1, 0.15) is 0 Å². The Bertz CT molecular complexity index is 422. The molecule has 0 unspecified atom stereocenters. The van der Waals surface area contributed by atoms with E-state index in [1.807, 2.05) is 5.51 Å². The molecule has 1 aromatic heterocycles. The molecule has 0 spiro atoms. The summed E-state index contributed by atoms with van der Waals surface area (Å²) in [4.78, 5) is 5.29. The summed E-state index contributed by atoms with van der Waals surface area (Å²) in [7, 11) is 0. The number of aromatic nitrogens is 1. The molecule has 0 saturated heterocycles. The summed E-state index contributed by atoms with van der Waals surface area (Å²) in [5.41, 5.74) is 3.91. The zero-order chi connectivity index (χ0) is 9.26. The van der Waals surface area contributed by atoms with Crippen LogP contribution in [-0.2, 0) is 0 Å². The molecule has 0 N–H and O–H groups in total. The van der Waals surface area contributed by atoms with Crippen molar-refractivity contribution in [2.24, 2.45) is 0 Å². The summed E-state index contributed by atoms with van der Waals surface area (Å²) in [6.07, 6.45) is 0. The Morgan fingerprint density at radius 3 is 2.85 bits per heavy atom. The van der Waals surface area contributed by atoms with Crippen molar-refractivity contribution in [2.45, 2.75) is 0 Å². The standard InChI is InChI=1S/C10H7INS/c1-7-10(13-6-12-7)8-3-2-4-9(11)5-8/h2-6H,1H2. The molecule has 0 fully saturated rings. The predicted molar refractivity (Wildman–Crippen MR) is 64.7 cm³/mol. The second kappa shape index (κ2) is 3.75. The second-order valence-electron chi connectivity index (χ2n) is 2.64. The average Bonchev–Trinajstić information content (AvgIpc) is 2.51. The van der Waals surface area contributed by atoms with Crippen molar-refractivity contribution in [1.29, 1.82) is 0 Å². The molecule has 0 amide bonds. The number of halogens is 1. The van der Waals surface area contributed by atoms with Crippen LogP contribution in [0.15, 0.2) is 29.8 Å². The number of hydrogen-bond acceptors (Lipinski definition) is 2. The first-order chi connectivity index (χ1) is 6.27. The average molecular weight is 300 g/mol. The molecule has 13 heavy (non-hydrogen) atoms. The van der Waals surface area contributed by atoms with E-state index in [1.165, 1.54) is 14.0 Å². The van der Waals surface area contributed by atoms with Crippen LogP contribution in [0.2, 0.25) is 0 Å². The fraction of sp³-hybridized carbons (Fsp3) is 0. The van der Waals surface area contributed by atoms with Crippen LogP contribution in [0.1, 0.15) is 5.69 Å². The van der Waals surface area contributed by atoms with Gasteiger partial charge >= 0.3 is 0 Å². The number of rotatable bonds is 1. The Morgan fingerprint density at radius 1 is 1.38 bits per heavy atom. The molecular weight excluding hydrogens is 293 g/mol. The third kappa shape index (κ3) is 1.91. The van der Waals surface area contributed by atoms with Gasteiger partial charge in [0.25, 0.3) is 0 Å². The summed E-state index contributed by atoms with van der Waals surface area (Å²) >= 11 is 3.94. The molecule has 0 atom stereocenters. The Labute approximate surface area is 95.0 Å². The van der Waals surface area contributed by atoms with Gasteiger partial charge in [-0.15, -0.1) is 11.3 Å². The topological polar surface area (TPSA) is 12.9 Å². The number of benzene rings is 1. The van der Waals surface area contributed by atoms with Crippen molar-refractivity contribution in [3.05, 3.63) is 46.0 Å². The molecule has 65 valence electrons. The van der Waals surface area contributed by atoms with Gasteiger partial charge in [-0.1, -0.05) is 12.1 Å². The van der Waals surface area contributed by atoms with E-state index in [1.54, 1.807) is 11.3 Å². The van der Waals surface area contributed by atoms with Gasteiger partial charge in [0.15, 0.2) is 0 Å². The van der Waals surface area contributed by atoms with Gasteiger partial charge in [-0.2, -0.15) is 0 Å². The van der Waals surface area contributed by atoms with E-state index in [4.69, 9.17) is 0 Å². The fourth-order valence-electron chi connectivity index (χ4n) is 1.13. The van der Waals surface area contributed by atoms with Crippen LogP contribution in [0.5, 0.6) is 0 Å². The van der Waals surface area contributed by atoms with E-state index >= 15 is 0 Å². The minimum absolute atomic E-state index is 0.868. The number of hydrogen-bond donors (Lipinski definition) is 0. The third-order valence-corrected chi connectivity index (χ3v) is 3.32. The van der Waals surface area contributed by atoms with Crippen LogP contribution >= 0.6 is 33.9 Å². The van der Waals surface area contributed by atoms with Crippen LogP contribution < -0.4 is 0 Å². The SMILES string of the molecule is [CH2]c1ncsc1-c1cccc(I)c1. The molecule has 1 nitrogen and oxygen atoms in total. The first-order valence-corrected chi connectivity index (χ1v) is 5.74. The summed E-state index contributed by atoms with van der Waals surface area (Å²) in [5, 5.41) is 0. The molecule has 0 aliphatic rings. The maximum absolute atomic E-state index is 4.13. The second-order valence-corrected chi connectivity index (χ2v) is 4.74. The Kier molecular flexibility index (Phi) is 2.64. The summed E-state index contributed by atoms with van der Waals surface area (Å²) in [5.74, 6) is 0. The largest absolute Gasteiger partial charge is 0.249 e. The lowest BCUT2D eigenvalue weighted by atomic mass is 10.2. The maximum Gasteiger partial charge on any atom is 0.0801 e. The van der Waals surface area contributed by atoms with Crippen molar-refractivity contribution in [2.75, 3.05) is 0 Å². The van der Waals surface area contributed by atoms with E-state index in [2.05, 4.69) is 58.8 Å². The lowest BCUT2D eigenvalue weighted by molar-refractivity contribution is 1.35. The minimum Gasteiger partial charge on any atom is -0.249 e. The molecule has 1 heterocycles. The van der Waals surface area contributed by atoms with Gasteiger partial charge in [-0.25, -0.2) is 4.98 Å². The molecule has 0 bridgehead atoms. The fourth-order valence-corrected chi connectivity index (χ4v) is 2.41. The van der Waals surface area contributed by atoms with Crippen LogP contribution in [0.4, 0.5) is 0 Å². The van der Waals surface area contributed by atoms with Crippen molar-refractivity contribution >= 4 is 33.9 Å².